The van der Waals surface area contributed by atoms with Crippen molar-refractivity contribution in [3.63, 3.8) is 0 Å². The Balaban J connectivity index is 1.79. The van der Waals surface area contributed by atoms with Gasteiger partial charge in [0.2, 0.25) is 10.0 Å². The van der Waals surface area contributed by atoms with Crippen molar-refractivity contribution in [1.29, 1.82) is 0 Å². The van der Waals surface area contributed by atoms with E-state index in [1.54, 1.807) is 6.07 Å². The van der Waals surface area contributed by atoms with Crippen LogP contribution in [0.15, 0.2) is 52.0 Å². The van der Waals surface area contributed by atoms with E-state index in [9.17, 15) is 8.42 Å². The molecule has 0 saturated heterocycles. The highest BCUT2D eigenvalue weighted by molar-refractivity contribution is 9.10. The van der Waals surface area contributed by atoms with Crippen LogP contribution < -0.4 is 9.46 Å². The molecule has 2 aromatic carbocycles. The number of fused-ring (bicyclic) bond motifs is 1. The Kier molecular flexibility index (Phi) is 5.38. The molecule has 0 unspecified atom stereocenters. The van der Waals surface area contributed by atoms with Crippen molar-refractivity contribution in [2.45, 2.75) is 11.3 Å². The first-order chi connectivity index (χ1) is 11.9. The second-order valence-corrected chi connectivity index (χ2v) is 8.45. The molecule has 1 aromatic heterocycles. The SMILES string of the molecule is COc1c(Br)cc(Cl)cc1S(=O)(=O)NCCc1c[nH]c2ccccc12. The number of methoxy groups -OCH3 is 1. The molecule has 0 bridgehead atoms. The van der Waals surface area contributed by atoms with E-state index in [1.807, 2.05) is 30.5 Å². The van der Waals surface area contributed by atoms with Crippen LogP contribution >= 0.6 is 27.5 Å². The number of ether oxygens (including phenoxy) is 1. The van der Waals surface area contributed by atoms with Gasteiger partial charge in [-0.3, -0.25) is 0 Å². The van der Waals surface area contributed by atoms with Crippen LogP contribution in [0, 0.1) is 0 Å². The molecule has 5 nitrogen and oxygen atoms in total. The van der Waals surface area contributed by atoms with Crippen molar-refractivity contribution in [3.05, 3.63) is 57.7 Å². The average molecular weight is 444 g/mol. The zero-order valence-corrected chi connectivity index (χ0v) is 16.5. The second-order valence-electron chi connectivity index (χ2n) is 5.43. The molecule has 0 aliphatic heterocycles. The van der Waals surface area contributed by atoms with Crippen LogP contribution in [0.5, 0.6) is 5.75 Å². The maximum atomic E-state index is 12.6. The van der Waals surface area contributed by atoms with Crippen LogP contribution in [0.2, 0.25) is 5.02 Å². The lowest BCUT2D eigenvalue weighted by Gasteiger charge is -2.12. The number of hydrogen-bond acceptors (Lipinski definition) is 3. The molecule has 8 heteroatoms. The molecule has 0 spiro atoms. The van der Waals surface area contributed by atoms with Gasteiger partial charge in [0.05, 0.1) is 11.6 Å². The van der Waals surface area contributed by atoms with Crippen molar-refractivity contribution >= 4 is 48.5 Å². The summed E-state index contributed by atoms with van der Waals surface area (Å²) in [5.41, 5.74) is 2.08. The standard InChI is InChI=1S/C17H16BrClN2O3S/c1-24-17-14(18)8-12(19)9-16(17)25(22,23)21-7-6-11-10-20-15-5-3-2-4-13(11)15/h2-5,8-10,20-21H,6-7H2,1H3. The largest absolute Gasteiger partial charge is 0.494 e. The highest BCUT2D eigenvalue weighted by atomic mass is 79.9. The molecular weight excluding hydrogens is 428 g/mol. The van der Waals surface area contributed by atoms with Gasteiger partial charge in [0, 0.05) is 28.7 Å². The number of rotatable bonds is 6. The zero-order valence-electron chi connectivity index (χ0n) is 13.3. The van der Waals surface area contributed by atoms with Gasteiger partial charge in [0.25, 0.3) is 0 Å². The van der Waals surface area contributed by atoms with Gasteiger partial charge in [-0.25, -0.2) is 13.1 Å². The topological polar surface area (TPSA) is 71.2 Å². The first-order valence-corrected chi connectivity index (χ1v) is 10.2. The van der Waals surface area contributed by atoms with Crippen molar-refractivity contribution in [2.24, 2.45) is 0 Å². The highest BCUT2D eigenvalue weighted by Crippen LogP contribution is 2.35. The first-order valence-electron chi connectivity index (χ1n) is 7.50. The van der Waals surface area contributed by atoms with Crippen molar-refractivity contribution in [1.82, 2.24) is 9.71 Å². The third-order valence-electron chi connectivity index (χ3n) is 3.83. The van der Waals surface area contributed by atoms with Gasteiger partial charge in [-0.15, -0.1) is 0 Å². The molecule has 2 N–H and O–H groups in total. The molecule has 0 aliphatic rings. The van der Waals surface area contributed by atoms with Gasteiger partial charge in [0.1, 0.15) is 4.90 Å². The lowest BCUT2D eigenvalue weighted by atomic mass is 10.1. The molecule has 0 radical (unpaired) electrons. The van der Waals surface area contributed by atoms with E-state index in [4.69, 9.17) is 16.3 Å². The number of H-pyrrole nitrogens is 1. The summed E-state index contributed by atoms with van der Waals surface area (Å²) < 4.78 is 33.5. The maximum absolute atomic E-state index is 12.6. The molecule has 0 aliphatic carbocycles. The second kappa shape index (κ2) is 7.37. The quantitative estimate of drug-likeness (QED) is 0.602. The van der Waals surface area contributed by atoms with E-state index >= 15 is 0 Å². The molecule has 3 aromatic rings. The van der Waals surface area contributed by atoms with Crippen LogP contribution in [0.25, 0.3) is 10.9 Å². The van der Waals surface area contributed by atoms with E-state index in [0.29, 0.717) is 15.9 Å². The minimum atomic E-state index is -3.75. The number of nitrogens with one attached hydrogen (secondary N) is 2. The highest BCUT2D eigenvalue weighted by Gasteiger charge is 2.22. The molecule has 0 amide bonds. The predicted molar refractivity (Wildman–Crippen MR) is 103 cm³/mol. The van der Waals surface area contributed by atoms with Gasteiger partial charge in [-0.2, -0.15) is 0 Å². The fraction of sp³-hybridized carbons (Fsp3) is 0.176. The molecule has 0 atom stereocenters. The number of benzene rings is 2. The summed E-state index contributed by atoms with van der Waals surface area (Å²) in [6.45, 7) is 0.261. The smallest absolute Gasteiger partial charge is 0.244 e. The van der Waals surface area contributed by atoms with Crippen molar-refractivity contribution in [2.75, 3.05) is 13.7 Å². The monoisotopic (exact) mass is 442 g/mol. The van der Waals surface area contributed by atoms with Crippen molar-refractivity contribution < 1.29 is 13.2 Å². The summed E-state index contributed by atoms with van der Waals surface area (Å²) in [4.78, 5) is 3.19. The molecular formula is C17H16BrClN2O3S. The summed E-state index contributed by atoms with van der Waals surface area (Å²) in [6, 6.07) is 10.9. The van der Waals surface area contributed by atoms with E-state index in [1.165, 1.54) is 13.2 Å². The fourth-order valence-electron chi connectivity index (χ4n) is 2.67. The Labute approximate surface area is 159 Å². The third kappa shape index (κ3) is 3.84. The number of para-hydroxylation sites is 1. The maximum Gasteiger partial charge on any atom is 0.244 e. The molecule has 25 heavy (non-hydrogen) atoms. The van der Waals surface area contributed by atoms with E-state index in [-0.39, 0.29) is 17.2 Å². The fourth-order valence-corrected chi connectivity index (χ4v) is 5.08. The molecule has 0 saturated carbocycles. The molecule has 1 heterocycles. The van der Waals surface area contributed by atoms with E-state index < -0.39 is 10.0 Å². The third-order valence-corrected chi connectivity index (χ3v) is 6.10. The lowest BCUT2D eigenvalue weighted by Crippen LogP contribution is -2.26. The van der Waals surface area contributed by atoms with Gasteiger partial charge >= 0.3 is 0 Å². The van der Waals surface area contributed by atoms with E-state index in [2.05, 4.69) is 25.6 Å². The Hall–Kier alpha value is -1.54. The van der Waals surface area contributed by atoms with Gasteiger partial charge in [-0.1, -0.05) is 29.8 Å². The molecule has 3 rings (SSSR count). The summed E-state index contributed by atoms with van der Waals surface area (Å²) in [7, 11) is -2.34. The lowest BCUT2D eigenvalue weighted by molar-refractivity contribution is 0.399. The van der Waals surface area contributed by atoms with Crippen LogP contribution in [0.1, 0.15) is 5.56 Å². The number of aromatic nitrogens is 1. The van der Waals surface area contributed by atoms with Crippen LogP contribution in [0.4, 0.5) is 0 Å². The number of halogens is 2. The number of sulfonamides is 1. The van der Waals surface area contributed by atoms with Gasteiger partial charge in [0.15, 0.2) is 5.75 Å². The normalized spacial score (nSPS) is 11.8. The van der Waals surface area contributed by atoms with E-state index in [0.717, 1.165) is 16.5 Å². The Morgan fingerprint density at radius 1 is 1.28 bits per heavy atom. The number of aromatic amines is 1. The number of hydrogen-bond donors (Lipinski definition) is 2. The van der Waals surface area contributed by atoms with Gasteiger partial charge in [-0.05, 0) is 46.1 Å². The zero-order chi connectivity index (χ0) is 18.0. The summed E-state index contributed by atoms with van der Waals surface area (Å²) >= 11 is 9.26. The Bertz CT molecular complexity index is 1020. The minimum absolute atomic E-state index is 0.00769. The van der Waals surface area contributed by atoms with Crippen LogP contribution in [-0.4, -0.2) is 27.1 Å². The first kappa shape index (κ1) is 18.3. The van der Waals surface area contributed by atoms with Crippen LogP contribution in [0.3, 0.4) is 0 Å². The Morgan fingerprint density at radius 2 is 2.04 bits per heavy atom. The van der Waals surface area contributed by atoms with Gasteiger partial charge < -0.3 is 9.72 Å². The van der Waals surface area contributed by atoms with Crippen molar-refractivity contribution in [3.8, 4) is 5.75 Å². The Morgan fingerprint density at radius 3 is 2.80 bits per heavy atom. The summed E-state index contributed by atoms with van der Waals surface area (Å²) in [5, 5.41) is 1.40. The summed E-state index contributed by atoms with van der Waals surface area (Å²) in [5.74, 6) is 0.226. The molecule has 132 valence electrons. The average Bonchev–Trinajstić information content (AvgIpc) is 2.97. The predicted octanol–water partition coefficient (Wildman–Crippen LogP) is 4.11. The minimum Gasteiger partial charge on any atom is -0.494 e. The van der Waals surface area contributed by atoms with Crippen LogP contribution in [-0.2, 0) is 16.4 Å². The molecule has 0 fully saturated rings. The summed E-state index contributed by atoms with van der Waals surface area (Å²) in [6.07, 6.45) is 2.46.